The second-order valence-electron chi connectivity index (χ2n) is 10.9. The number of amides is 2. The van der Waals surface area contributed by atoms with Gasteiger partial charge in [-0.15, -0.1) is 0 Å². The lowest BCUT2D eigenvalue weighted by molar-refractivity contribution is -0.127. The summed E-state index contributed by atoms with van der Waals surface area (Å²) in [5.41, 5.74) is -0.656. The lowest BCUT2D eigenvalue weighted by atomic mass is 9.86. The Kier molecular flexibility index (Phi) is 7.60. The number of hydrogen-bond acceptors (Lipinski definition) is 4. The Labute approximate surface area is 210 Å². The molecular weight excluding hydrogens is 471 g/mol. The second kappa shape index (κ2) is 9.97. The van der Waals surface area contributed by atoms with E-state index in [-0.39, 0.29) is 12.2 Å². The molecule has 0 spiro atoms. The van der Waals surface area contributed by atoms with Gasteiger partial charge in [0.1, 0.15) is 17.5 Å². The quantitative estimate of drug-likeness (QED) is 0.525. The molecule has 2 amide bonds. The maximum atomic E-state index is 14.3. The van der Waals surface area contributed by atoms with Crippen LogP contribution in [-0.2, 0) is 9.53 Å². The van der Waals surface area contributed by atoms with Crippen molar-refractivity contribution in [2.24, 2.45) is 5.92 Å². The van der Waals surface area contributed by atoms with E-state index in [0.29, 0.717) is 16.1 Å². The van der Waals surface area contributed by atoms with Gasteiger partial charge in [-0.25, -0.2) is 9.18 Å². The van der Waals surface area contributed by atoms with Gasteiger partial charge in [-0.1, -0.05) is 35.9 Å². The number of Topliss-reactive ketones (excluding diaryl/α,β-unsaturated/α-hetero) is 1. The number of halogens is 2. The monoisotopic (exact) mass is 502 g/mol. The Balaban J connectivity index is 2.14. The molecule has 0 saturated carbocycles. The van der Waals surface area contributed by atoms with Crippen LogP contribution in [0.3, 0.4) is 0 Å². The van der Waals surface area contributed by atoms with Crippen molar-refractivity contribution in [3.05, 3.63) is 70.5 Å². The molecule has 2 aromatic rings. The highest BCUT2D eigenvalue weighted by Gasteiger charge is 2.52. The molecule has 3 rings (SSSR count). The summed E-state index contributed by atoms with van der Waals surface area (Å²) < 4.78 is 19.9. The number of benzene rings is 2. The number of nitrogens with zero attached hydrogens (tertiary/aromatic N) is 1. The molecule has 1 aliphatic heterocycles. The fraction of sp³-hybridized carbons (Fsp3) is 0.444. The molecule has 1 saturated heterocycles. The van der Waals surface area contributed by atoms with Gasteiger partial charge in [0.15, 0.2) is 5.78 Å². The molecule has 8 heteroatoms. The molecule has 0 bridgehead atoms. The van der Waals surface area contributed by atoms with Crippen molar-refractivity contribution in [3.8, 4) is 0 Å². The predicted octanol–water partition coefficient (Wildman–Crippen LogP) is 5.94. The second-order valence-corrected chi connectivity index (χ2v) is 11.3. The Bertz CT molecular complexity index is 1120. The number of carbonyl (C=O) groups excluding carboxylic acids is 3. The third kappa shape index (κ3) is 6.60. The van der Waals surface area contributed by atoms with Crippen LogP contribution in [0.1, 0.15) is 69.9 Å². The van der Waals surface area contributed by atoms with Gasteiger partial charge in [0, 0.05) is 22.0 Å². The van der Waals surface area contributed by atoms with E-state index in [4.69, 9.17) is 16.3 Å². The molecule has 0 aromatic heterocycles. The van der Waals surface area contributed by atoms with Gasteiger partial charge in [-0.2, -0.15) is 0 Å². The van der Waals surface area contributed by atoms with Crippen LogP contribution in [-0.4, -0.2) is 39.9 Å². The number of rotatable bonds is 4. The van der Waals surface area contributed by atoms with E-state index >= 15 is 0 Å². The molecule has 3 atom stereocenters. The SMILES string of the molecule is CC(C)(C)NC(=O)[C@@H]1C[C@H](C(=O)c2cccc(Cl)c2)[C@H](c2cccc(F)c2)N1C(=O)OC(C)(C)C. The van der Waals surface area contributed by atoms with E-state index in [1.165, 1.54) is 23.1 Å². The lowest BCUT2D eigenvalue weighted by Gasteiger charge is -2.34. The van der Waals surface area contributed by atoms with Crippen LogP contribution >= 0.6 is 11.6 Å². The third-order valence-corrected chi connectivity index (χ3v) is 5.77. The predicted molar refractivity (Wildman–Crippen MR) is 133 cm³/mol. The van der Waals surface area contributed by atoms with Crippen molar-refractivity contribution in [2.45, 2.75) is 71.2 Å². The zero-order valence-corrected chi connectivity index (χ0v) is 21.7. The highest BCUT2D eigenvalue weighted by Crippen LogP contribution is 2.44. The van der Waals surface area contributed by atoms with E-state index in [1.54, 1.807) is 51.1 Å². The fourth-order valence-corrected chi connectivity index (χ4v) is 4.49. The van der Waals surface area contributed by atoms with Crippen LogP contribution in [0, 0.1) is 11.7 Å². The number of hydrogen-bond donors (Lipinski definition) is 1. The molecule has 0 radical (unpaired) electrons. The normalized spacial score (nSPS) is 20.5. The number of ketones is 1. The van der Waals surface area contributed by atoms with Crippen molar-refractivity contribution in [1.29, 1.82) is 0 Å². The minimum absolute atomic E-state index is 0.0493. The molecule has 6 nitrogen and oxygen atoms in total. The number of ether oxygens (including phenoxy) is 1. The molecule has 35 heavy (non-hydrogen) atoms. The van der Waals surface area contributed by atoms with Gasteiger partial charge in [0.05, 0.1) is 6.04 Å². The first-order valence-electron chi connectivity index (χ1n) is 11.5. The molecular formula is C27H32ClFN2O4. The topological polar surface area (TPSA) is 75.7 Å². The van der Waals surface area contributed by atoms with Gasteiger partial charge in [0.25, 0.3) is 0 Å². The molecule has 0 aliphatic carbocycles. The van der Waals surface area contributed by atoms with E-state index in [1.807, 2.05) is 20.8 Å². The van der Waals surface area contributed by atoms with E-state index in [0.717, 1.165) is 0 Å². The molecule has 2 aromatic carbocycles. The Morgan fingerprint density at radius 1 is 1.03 bits per heavy atom. The van der Waals surface area contributed by atoms with E-state index in [2.05, 4.69) is 5.32 Å². The van der Waals surface area contributed by atoms with Crippen LogP contribution in [0.5, 0.6) is 0 Å². The summed E-state index contributed by atoms with van der Waals surface area (Å²) in [5, 5.41) is 3.30. The van der Waals surface area contributed by atoms with Crippen LogP contribution in [0.15, 0.2) is 48.5 Å². The highest BCUT2D eigenvalue weighted by atomic mass is 35.5. The Morgan fingerprint density at radius 2 is 1.69 bits per heavy atom. The molecule has 1 aliphatic rings. The Hall–Kier alpha value is -2.93. The van der Waals surface area contributed by atoms with E-state index < -0.39 is 47.0 Å². The zero-order valence-electron chi connectivity index (χ0n) is 20.9. The van der Waals surface area contributed by atoms with E-state index in [9.17, 15) is 18.8 Å². The summed E-state index contributed by atoms with van der Waals surface area (Å²) in [6, 6.07) is 10.3. The standard InChI is InChI=1S/C27H32ClFN2O4/c1-26(2,3)30-24(33)21-15-20(23(32)17-10-7-11-18(28)13-17)22(16-9-8-12-19(29)14-16)31(21)25(34)35-27(4,5)6/h7-14,20-22H,15H2,1-6H3,(H,30,33)/t20-,21-,22-/m0/s1. The minimum atomic E-state index is -0.995. The smallest absolute Gasteiger partial charge is 0.411 e. The largest absolute Gasteiger partial charge is 0.444 e. The summed E-state index contributed by atoms with van der Waals surface area (Å²) in [4.78, 5) is 41.8. The van der Waals surface area contributed by atoms with Crippen molar-refractivity contribution in [3.63, 3.8) is 0 Å². The third-order valence-electron chi connectivity index (χ3n) is 5.54. The van der Waals surface area contributed by atoms with Crippen molar-refractivity contribution in [1.82, 2.24) is 10.2 Å². The first-order chi connectivity index (χ1) is 16.2. The summed E-state index contributed by atoms with van der Waals surface area (Å²) in [6.45, 7) is 10.6. The minimum Gasteiger partial charge on any atom is -0.444 e. The first-order valence-corrected chi connectivity index (χ1v) is 11.9. The number of carbonyl (C=O) groups is 3. The van der Waals surface area contributed by atoms with Gasteiger partial charge < -0.3 is 10.1 Å². The van der Waals surface area contributed by atoms with Gasteiger partial charge in [-0.3, -0.25) is 14.5 Å². The molecule has 188 valence electrons. The maximum absolute atomic E-state index is 14.3. The summed E-state index contributed by atoms with van der Waals surface area (Å²) >= 11 is 6.12. The molecule has 1 N–H and O–H groups in total. The highest BCUT2D eigenvalue weighted by molar-refractivity contribution is 6.31. The van der Waals surface area contributed by atoms with Crippen molar-refractivity contribution >= 4 is 29.4 Å². The maximum Gasteiger partial charge on any atom is 0.411 e. The van der Waals surface area contributed by atoms with Crippen molar-refractivity contribution in [2.75, 3.05) is 0 Å². The summed E-state index contributed by atoms with van der Waals surface area (Å²) in [6.07, 6.45) is -0.699. The van der Waals surface area contributed by atoms with Crippen LogP contribution < -0.4 is 5.32 Å². The van der Waals surface area contributed by atoms with Gasteiger partial charge in [-0.05, 0) is 77.8 Å². The Morgan fingerprint density at radius 3 is 2.26 bits per heavy atom. The molecule has 0 unspecified atom stereocenters. The fourth-order valence-electron chi connectivity index (χ4n) is 4.30. The first kappa shape index (κ1) is 26.7. The molecule has 1 heterocycles. The van der Waals surface area contributed by atoms with Gasteiger partial charge in [0.2, 0.25) is 5.91 Å². The lowest BCUT2D eigenvalue weighted by Crippen LogP contribution is -2.52. The van der Waals surface area contributed by atoms with Crippen LogP contribution in [0.4, 0.5) is 9.18 Å². The average molecular weight is 503 g/mol. The van der Waals surface area contributed by atoms with Gasteiger partial charge >= 0.3 is 6.09 Å². The zero-order chi connectivity index (χ0) is 26.1. The molecule has 1 fully saturated rings. The summed E-state index contributed by atoms with van der Waals surface area (Å²) in [5.74, 6) is -2.03. The number of likely N-dealkylation sites (tertiary alicyclic amines) is 1. The summed E-state index contributed by atoms with van der Waals surface area (Å²) in [7, 11) is 0. The van der Waals surface area contributed by atoms with Crippen LogP contribution in [0.25, 0.3) is 0 Å². The average Bonchev–Trinajstić information content (AvgIpc) is 3.12. The number of nitrogens with one attached hydrogen (secondary N) is 1. The van der Waals surface area contributed by atoms with Crippen molar-refractivity contribution < 1.29 is 23.5 Å². The van der Waals surface area contributed by atoms with Crippen LogP contribution in [0.2, 0.25) is 5.02 Å².